The maximum absolute atomic E-state index is 11.3. The van der Waals surface area contributed by atoms with Crippen LogP contribution in [0.2, 0.25) is 0 Å². The van der Waals surface area contributed by atoms with Gasteiger partial charge in [-0.25, -0.2) is 14.8 Å². The van der Waals surface area contributed by atoms with Gasteiger partial charge < -0.3 is 11.1 Å². The molecule has 0 bridgehead atoms. The van der Waals surface area contributed by atoms with Crippen molar-refractivity contribution in [3.8, 4) is 0 Å². The Kier molecular flexibility index (Phi) is 3.25. The van der Waals surface area contributed by atoms with Gasteiger partial charge in [-0.2, -0.15) is 5.10 Å². The van der Waals surface area contributed by atoms with Gasteiger partial charge in [0.1, 0.15) is 5.69 Å². The van der Waals surface area contributed by atoms with Crippen molar-refractivity contribution in [2.24, 2.45) is 5.10 Å². The van der Waals surface area contributed by atoms with Crippen molar-refractivity contribution in [3.05, 3.63) is 11.1 Å². The topological polar surface area (TPSA) is 101 Å². The first-order chi connectivity index (χ1) is 8.08. The highest BCUT2D eigenvalue weighted by Crippen LogP contribution is 2.14. The van der Waals surface area contributed by atoms with E-state index in [-0.39, 0.29) is 17.4 Å². The summed E-state index contributed by atoms with van der Waals surface area (Å²) >= 11 is 6.57. The molecule has 1 aromatic heterocycles. The molecule has 9 heteroatoms. The second-order valence-corrected chi connectivity index (χ2v) is 4.38. The van der Waals surface area contributed by atoms with Gasteiger partial charge in [0.15, 0.2) is 10.8 Å². The summed E-state index contributed by atoms with van der Waals surface area (Å²) in [6.45, 7) is 0.859. The fourth-order valence-corrected chi connectivity index (χ4v) is 1.95. The maximum Gasteiger partial charge on any atom is 0.337 e. The zero-order valence-corrected chi connectivity index (χ0v) is 10.1. The number of nitrogens with zero attached hydrogens (tertiary/aromatic N) is 3. The molecule has 0 atom stereocenters. The van der Waals surface area contributed by atoms with E-state index in [1.165, 1.54) is 0 Å². The van der Waals surface area contributed by atoms with Crippen LogP contribution in [0, 0.1) is 0 Å². The standard InChI is InChI=1S/C8H8ClN5O2S/c9-6(15)5(4-3-17-7(10)12-4)13-14-2-1-11-8(14)16/h3H,1-2H2,(H2,10,12)(H,11,16). The molecule has 17 heavy (non-hydrogen) atoms. The zero-order chi connectivity index (χ0) is 12.4. The maximum atomic E-state index is 11.3. The summed E-state index contributed by atoms with van der Waals surface area (Å²) in [6, 6.07) is -0.372. The predicted octanol–water partition coefficient (Wildman–Crippen LogP) is 0.220. The number of halogens is 1. The minimum Gasteiger partial charge on any atom is -0.375 e. The Morgan fingerprint density at radius 1 is 1.71 bits per heavy atom. The average Bonchev–Trinajstić information content (AvgIpc) is 2.84. The molecule has 1 fully saturated rings. The van der Waals surface area contributed by atoms with Crippen molar-refractivity contribution in [1.29, 1.82) is 0 Å². The lowest BCUT2D eigenvalue weighted by molar-refractivity contribution is -0.106. The molecule has 0 saturated carbocycles. The third kappa shape index (κ3) is 2.53. The fraction of sp³-hybridized carbons (Fsp3) is 0.250. The van der Waals surface area contributed by atoms with Crippen LogP contribution in [0.1, 0.15) is 5.69 Å². The van der Waals surface area contributed by atoms with Gasteiger partial charge in [0.05, 0.1) is 6.54 Å². The van der Waals surface area contributed by atoms with Crippen LogP contribution < -0.4 is 11.1 Å². The molecular weight excluding hydrogens is 266 g/mol. The monoisotopic (exact) mass is 273 g/mol. The van der Waals surface area contributed by atoms with Crippen molar-refractivity contribution < 1.29 is 9.59 Å². The van der Waals surface area contributed by atoms with Gasteiger partial charge >= 0.3 is 6.03 Å². The van der Waals surface area contributed by atoms with Crippen LogP contribution in [0.15, 0.2) is 10.5 Å². The Bertz CT molecular complexity index is 500. The predicted molar refractivity (Wildman–Crippen MR) is 64.0 cm³/mol. The number of aromatic nitrogens is 1. The SMILES string of the molecule is Nc1nc(C(=NN2CCNC2=O)C(=O)Cl)cs1. The molecule has 2 rings (SSSR count). The Hall–Kier alpha value is -1.67. The molecule has 0 unspecified atom stereocenters. The van der Waals surface area contributed by atoms with E-state index in [9.17, 15) is 9.59 Å². The highest BCUT2D eigenvalue weighted by Gasteiger charge is 2.23. The van der Waals surface area contributed by atoms with E-state index in [1.54, 1.807) is 5.38 Å². The highest BCUT2D eigenvalue weighted by atomic mass is 35.5. The van der Waals surface area contributed by atoms with Gasteiger partial charge in [-0.1, -0.05) is 0 Å². The fourth-order valence-electron chi connectivity index (χ4n) is 1.27. The van der Waals surface area contributed by atoms with Crippen LogP contribution in [0.25, 0.3) is 0 Å². The number of thiazole rings is 1. The normalized spacial score (nSPS) is 16.2. The van der Waals surface area contributed by atoms with E-state index in [2.05, 4.69) is 15.4 Å². The Morgan fingerprint density at radius 3 is 2.94 bits per heavy atom. The lowest BCUT2D eigenvalue weighted by Crippen LogP contribution is -2.26. The number of nitrogens with two attached hydrogens (primary N) is 1. The number of hydrogen-bond acceptors (Lipinski definition) is 6. The van der Waals surface area contributed by atoms with E-state index >= 15 is 0 Å². The van der Waals surface area contributed by atoms with Gasteiger partial charge in [-0.15, -0.1) is 11.3 Å². The number of nitrogen functional groups attached to an aromatic ring is 1. The first kappa shape index (κ1) is 11.8. The first-order valence-electron chi connectivity index (χ1n) is 4.63. The number of hydrogen-bond donors (Lipinski definition) is 2. The molecule has 1 saturated heterocycles. The number of amides is 2. The van der Waals surface area contributed by atoms with Crippen LogP contribution in [-0.2, 0) is 4.79 Å². The number of carbonyl (C=O) groups excluding carboxylic acids is 2. The summed E-state index contributed by atoms with van der Waals surface area (Å²) in [4.78, 5) is 26.4. The zero-order valence-electron chi connectivity index (χ0n) is 8.51. The minimum absolute atomic E-state index is 0.0864. The molecule has 90 valence electrons. The highest BCUT2D eigenvalue weighted by molar-refractivity contribution is 7.13. The number of carbonyl (C=O) groups is 2. The quantitative estimate of drug-likeness (QED) is 0.608. The summed E-state index contributed by atoms with van der Waals surface area (Å²) in [5.74, 6) is 0. The lowest BCUT2D eigenvalue weighted by Gasteiger charge is -2.07. The van der Waals surface area contributed by atoms with Gasteiger partial charge in [0.2, 0.25) is 0 Å². The van der Waals surface area contributed by atoms with Crippen LogP contribution in [0.4, 0.5) is 9.93 Å². The van der Waals surface area contributed by atoms with E-state index in [1.807, 2.05) is 0 Å². The number of rotatable bonds is 3. The summed E-state index contributed by atoms with van der Waals surface area (Å²) < 4.78 is 0. The molecule has 2 amide bonds. The largest absolute Gasteiger partial charge is 0.375 e. The Balaban J connectivity index is 2.32. The van der Waals surface area contributed by atoms with Crippen molar-refractivity contribution in [3.63, 3.8) is 0 Å². The van der Waals surface area contributed by atoms with Gasteiger partial charge in [0.25, 0.3) is 5.24 Å². The number of urea groups is 1. The van der Waals surface area contributed by atoms with E-state index in [4.69, 9.17) is 17.3 Å². The number of nitrogens with one attached hydrogen (secondary N) is 1. The molecule has 1 aliphatic heterocycles. The second-order valence-electron chi connectivity index (χ2n) is 3.15. The second kappa shape index (κ2) is 4.68. The molecule has 0 aromatic carbocycles. The third-order valence-corrected chi connectivity index (χ3v) is 2.86. The molecule has 1 aliphatic rings. The average molecular weight is 274 g/mol. The van der Waals surface area contributed by atoms with Gasteiger partial charge in [-0.3, -0.25) is 4.79 Å². The number of anilines is 1. The molecule has 2 heterocycles. The van der Waals surface area contributed by atoms with Crippen molar-refractivity contribution >= 4 is 45.1 Å². The lowest BCUT2D eigenvalue weighted by atomic mass is 10.3. The van der Waals surface area contributed by atoms with E-state index < -0.39 is 5.24 Å². The van der Waals surface area contributed by atoms with Crippen LogP contribution in [0.5, 0.6) is 0 Å². The molecule has 0 aliphatic carbocycles. The Morgan fingerprint density at radius 2 is 2.47 bits per heavy atom. The van der Waals surface area contributed by atoms with Crippen LogP contribution in [0.3, 0.4) is 0 Å². The smallest absolute Gasteiger partial charge is 0.337 e. The van der Waals surface area contributed by atoms with Crippen molar-refractivity contribution in [2.45, 2.75) is 0 Å². The molecule has 7 nitrogen and oxygen atoms in total. The van der Waals surface area contributed by atoms with Crippen LogP contribution in [-0.4, -0.2) is 40.1 Å². The van der Waals surface area contributed by atoms with E-state index in [0.717, 1.165) is 16.3 Å². The van der Waals surface area contributed by atoms with E-state index in [0.29, 0.717) is 18.2 Å². The summed E-state index contributed by atoms with van der Waals surface area (Å²) in [6.07, 6.45) is 0. The third-order valence-electron chi connectivity index (χ3n) is 2.01. The summed E-state index contributed by atoms with van der Waals surface area (Å²) in [7, 11) is 0. The Labute approximate surface area is 105 Å². The molecular formula is C8H8ClN5O2S. The molecule has 0 radical (unpaired) electrons. The van der Waals surface area contributed by atoms with Gasteiger partial charge in [0, 0.05) is 11.9 Å². The van der Waals surface area contributed by atoms with Crippen molar-refractivity contribution in [2.75, 3.05) is 18.8 Å². The molecule has 0 spiro atoms. The van der Waals surface area contributed by atoms with Gasteiger partial charge in [-0.05, 0) is 11.6 Å². The van der Waals surface area contributed by atoms with Crippen molar-refractivity contribution in [1.82, 2.24) is 15.3 Å². The minimum atomic E-state index is -0.782. The summed E-state index contributed by atoms with van der Waals surface area (Å²) in [5, 5.41) is 8.65. The molecule has 1 aromatic rings. The molecule has 3 N–H and O–H groups in total. The summed E-state index contributed by atoms with van der Waals surface area (Å²) in [5.41, 5.74) is 5.64. The first-order valence-corrected chi connectivity index (χ1v) is 5.89. The van der Waals surface area contributed by atoms with Crippen LogP contribution >= 0.6 is 22.9 Å². The number of hydrazone groups is 1.